The number of methoxy groups -OCH3 is 1. The molecule has 0 aromatic heterocycles. The fourth-order valence-corrected chi connectivity index (χ4v) is 4.67. The van der Waals surface area contributed by atoms with E-state index in [2.05, 4.69) is 5.32 Å². The number of carbonyl (C=O) groups is 2. The smallest absolute Gasteiger partial charge is 0.244 e. The third-order valence-electron chi connectivity index (χ3n) is 5.06. The van der Waals surface area contributed by atoms with E-state index in [-0.39, 0.29) is 18.1 Å². The van der Waals surface area contributed by atoms with Crippen LogP contribution in [-0.2, 0) is 26.2 Å². The minimum atomic E-state index is -3.82. The summed E-state index contributed by atoms with van der Waals surface area (Å²) < 4.78 is 31.2. The number of amides is 2. The number of carbonyl (C=O) groups excluding carboxylic acids is 2. The number of nitrogens with zero attached hydrogens (tertiary/aromatic N) is 2. The van der Waals surface area contributed by atoms with Crippen LogP contribution < -0.4 is 14.4 Å². The van der Waals surface area contributed by atoms with E-state index in [4.69, 9.17) is 27.9 Å². The second kappa shape index (κ2) is 11.6. The summed E-state index contributed by atoms with van der Waals surface area (Å²) in [6.45, 7) is 1.18. The minimum Gasteiger partial charge on any atom is -0.497 e. The van der Waals surface area contributed by atoms with Gasteiger partial charge in [0.1, 0.15) is 18.3 Å². The Morgan fingerprint density at radius 2 is 1.67 bits per heavy atom. The number of ether oxygens (including phenoxy) is 1. The highest BCUT2D eigenvalue weighted by Gasteiger charge is 2.32. The number of hydrogen-bond acceptors (Lipinski definition) is 5. The van der Waals surface area contributed by atoms with Crippen molar-refractivity contribution in [1.82, 2.24) is 10.2 Å². The third kappa shape index (κ3) is 6.75. The van der Waals surface area contributed by atoms with E-state index in [9.17, 15) is 18.0 Å². The van der Waals surface area contributed by atoms with Crippen molar-refractivity contribution < 1.29 is 22.7 Å². The van der Waals surface area contributed by atoms with Gasteiger partial charge in [-0.3, -0.25) is 13.9 Å². The van der Waals surface area contributed by atoms with Gasteiger partial charge < -0.3 is 15.0 Å². The molecule has 2 aromatic carbocycles. The van der Waals surface area contributed by atoms with Crippen molar-refractivity contribution >= 4 is 50.7 Å². The highest BCUT2D eigenvalue weighted by molar-refractivity contribution is 7.92. The zero-order valence-corrected chi connectivity index (χ0v) is 21.2. The topological polar surface area (TPSA) is 96.0 Å². The Bertz CT molecular complexity index is 1070. The number of rotatable bonds is 10. The van der Waals surface area contributed by atoms with Crippen LogP contribution in [0.3, 0.4) is 0 Å². The van der Waals surface area contributed by atoms with Crippen molar-refractivity contribution in [1.29, 1.82) is 0 Å². The Hall–Kier alpha value is -2.49. The van der Waals surface area contributed by atoms with E-state index in [1.54, 1.807) is 49.4 Å². The molecule has 0 spiro atoms. The van der Waals surface area contributed by atoms with Crippen molar-refractivity contribution in [2.45, 2.75) is 25.9 Å². The van der Waals surface area contributed by atoms with E-state index in [1.807, 2.05) is 0 Å². The first kappa shape index (κ1) is 26.8. The van der Waals surface area contributed by atoms with Crippen molar-refractivity contribution in [3.05, 3.63) is 58.1 Å². The molecule has 2 rings (SSSR count). The van der Waals surface area contributed by atoms with Gasteiger partial charge in [0.25, 0.3) is 0 Å². The van der Waals surface area contributed by atoms with Gasteiger partial charge in [0.05, 0.1) is 19.1 Å². The number of likely N-dealkylation sites (N-methyl/N-ethyl adjacent to an activating group) is 1. The molecular weight excluding hydrogens is 489 g/mol. The molecule has 180 valence electrons. The molecule has 0 saturated heterocycles. The maximum absolute atomic E-state index is 13.5. The van der Waals surface area contributed by atoms with Crippen LogP contribution in [0.2, 0.25) is 10.0 Å². The highest BCUT2D eigenvalue weighted by atomic mass is 35.5. The lowest BCUT2D eigenvalue weighted by Gasteiger charge is -2.33. The molecule has 0 unspecified atom stereocenters. The summed E-state index contributed by atoms with van der Waals surface area (Å²) in [6.07, 6.45) is 1.31. The van der Waals surface area contributed by atoms with Gasteiger partial charge in [-0.25, -0.2) is 8.42 Å². The number of sulfonamides is 1. The zero-order chi connectivity index (χ0) is 24.8. The van der Waals surface area contributed by atoms with E-state index in [1.165, 1.54) is 19.1 Å². The maximum atomic E-state index is 13.5. The van der Waals surface area contributed by atoms with Gasteiger partial charge in [0, 0.05) is 29.2 Å². The predicted octanol–water partition coefficient (Wildman–Crippen LogP) is 3.32. The van der Waals surface area contributed by atoms with E-state index in [0.717, 1.165) is 10.6 Å². The average molecular weight is 516 g/mol. The number of anilines is 1. The van der Waals surface area contributed by atoms with E-state index in [0.29, 0.717) is 27.8 Å². The molecule has 0 radical (unpaired) electrons. The summed E-state index contributed by atoms with van der Waals surface area (Å²) in [7, 11) is -0.858. The van der Waals surface area contributed by atoms with Gasteiger partial charge in [-0.1, -0.05) is 36.2 Å². The zero-order valence-electron chi connectivity index (χ0n) is 18.8. The first-order valence-corrected chi connectivity index (χ1v) is 12.7. The van der Waals surface area contributed by atoms with Gasteiger partial charge in [0.2, 0.25) is 21.8 Å². The summed E-state index contributed by atoms with van der Waals surface area (Å²) in [5, 5.41) is 3.22. The molecule has 0 saturated carbocycles. The quantitative estimate of drug-likeness (QED) is 0.523. The Balaban J connectivity index is 2.47. The Morgan fingerprint density at radius 3 is 2.12 bits per heavy atom. The van der Waals surface area contributed by atoms with Gasteiger partial charge >= 0.3 is 0 Å². The summed E-state index contributed by atoms with van der Waals surface area (Å²) >= 11 is 12.6. The molecule has 2 amide bonds. The molecule has 2 aromatic rings. The Kier molecular flexibility index (Phi) is 9.39. The summed E-state index contributed by atoms with van der Waals surface area (Å²) in [5.41, 5.74) is 0.752. The van der Waals surface area contributed by atoms with Crippen LogP contribution in [0.5, 0.6) is 5.75 Å². The van der Waals surface area contributed by atoms with Gasteiger partial charge in [-0.15, -0.1) is 0 Å². The van der Waals surface area contributed by atoms with Crippen LogP contribution in [0.15, 0.2) is 42.5 Å². The number of benzene rings is 2. The first-order valence-electron chi connectivity index (χ1n) is 10.1. The number of halogens is 2. The second-order valence-electron chi connectivity index (χ2n) is 7.23. The van der Waals surface area contributed by atoms with E-state index < -0.39 is 28.5 Å². The predicted molar refractivity (Wildman–Crippen MR) is 130 cm³/mol. The molecule has 33 heavy (non-hydrogen) atoms. The first-order chi connectivity index (χ1) is 15.5. The third-order valence-corrected chi connectivity index (χ3v) is 6.91. The van der Waals surface area contributed by atoms with Crippen LogP contribution in [0, 0.1) is 0 Å². The lowest BCUT2D eigenvalue weighted by Crippen LogP contribution is -2.51. The van der Waals surface area contributed by atoms with Crippen molar-refractivity contribution in [3.8, 4) is 5.75 Å². The SMILES string of the molecule is CC[C@@H](C(=O)NC)N(Cc1c(Cl)cccc1Cl)C(=O)CN(c1ccc(OC)cc1)S(C)(=O)=O. The summed E-state index contributed by atoms with van der Waals surface area (Å²) in [6, 6.07) is 10.4. The number of nitrogens with one attached hydrogen (secondary N) is 1. The molecule has 0 aliphatic rings. The van der Waals surface area contributed by atoms with E-state index >= 15 is 0 Å². The second-order valence-corrected chi connectivity index (χ2v) is 9.95. The molecule has 8 nitrogen and oxygen atoms in total. The standard InChI is InChI=1S/C22H27Cl2N3O5S/c1-5-20(22(29)25-2)26(13-17-18(23)7-6-8-19(17)24)21(28)14-27(33(4,30)31)15-9-11-16(32-3)12-10-15/h6-12,20H,5,13-14H2,1-4H3,(H,25,29)/t20-/m0/s1. The molecule has 11 heteroatoms. The lowest BCUT2D eigenvalue weighted by atomic mass is 10.1. The Labute approximate surface area is 204 Å². The van der Waals surface area contributed by atoms with Crippen LogP contribution >= 0.6 is 23.2 Å². The summed E-state index contributed by atoms with van der Waals surface area (Å²) in [5.74, 6) is -0.425. The molecule has 0 aliphatic heterocycles. The largest absolute Gasteiger partial charge is 0.497 e. The molecule has 0 bridgehead atoms. The fraction of sp³-hybridized carbons (Fsp3) is 0.364. The van der Waals surface area contributed by atoms with Crippen molar-refractivity contribution in [3.63, 3.8) is 0 Å². The normalized spacial score (nSPS) is 12.1. The van der Waals surface area contributed by atoms with Gasteiger partial charge in [0.15, 0.2) is 0 Å². The fourth-order valence-electron chi connectivity index (χ4n) is 3.30. The lowest BCUT2D eigenvalue weighted by molar-refractivity contribution is -0.140. The average Bonchev–Trinajstić information content (AvgIpc) is 2.78. The van der Waals surface area contributed by atoms with Crippen LogP contribution in [0.25, 0.3) is 0 Å². The molecule has 1 N–H and O–H groups in total. The molecule has 0 fully saturated rings. The molecule has 0 aliphatic carbocycles. The Morgan fingerprint density at radius 1 is 1.09 bits per heavy atom. The monoisotopic (exact) mass is 515 g/mol. The van der Waals surface area contributed by atoms with Gasteiger partial charge in [-0.2, -0.15) is 0 Å². The van der Waals surface area contributed by atoms with Crippen molar-refractivity contribution in [2.75, 3.05) is 31.3 Å². The molecule has 0 heterocycles. The van der Waals surface area contributed by atoms with Gasteiger partial charge in [-0.05, 0) is 42.8 Å². The summed E-state index contributed by atoms with van der Waals surface area (Å²) in [4.78, 5) is 27.3. The van der Waals surface area contributed by atoms with Crippen LogP contribution in [-0.4, -0.2) is 58.1 Å². The molecular formula is C22H27Cl2N3O5S. The van der Waals surface area contributed by atoms with Crippen molar-refractivity contribution in [2.24, 2.45) is 0 Å². The maximum Gasteiger partial charge on any atom is 0.244 e. The molecule has 1 atom stereocenters. The van der Waals surface area contributed by atoms with Crippen LogP contribution in [0.4, 0.5) is 5.69 Å². The van der Waals surface area contributed by atoms with Crippen LogP contribution in [0.1, 0.15) is 18.9 Å². The highest BCUT2D eigenvalue weighted by Crippen LogP contribution is 2.28. The number of hydrogen-bond donors (Lipinski definition) is 1. The minimum absolute atomic E-state index is 0.0660.